The minimum atomic E-state index is -4.42. The highest BCUT2D eigenvalue weighted by Gasteiger charge is 2.35. The molecule has 1 aromatic heterocycles. The Labute approximate surface area is 142 Å². The van der Waals surface area contributed by atoms with Crippen LogP contribution < -0.4 is 5.01 Å². The smallest absolute Gasteiger partial charge is 0.259 e. The molecule has 25 heavy (non-hydrogen) atoms. The van der Waals surface area contributed by atoms with Gasteiger partial charge in [0.05, 0.1) is 17.8 Å². The summed E-state index contributed by atoms with van der Waals surface area (Å²) in [5, 5.41) is 3.67. The summed E-state index contributed by atoms with van der Waals surface area (Å²) in [5.74, 6) is 1.33. The molecule has 0 saturated heterocycles. The predicted molar refractivity (Wildman–Crippen MR) is 88.6 cm³/mol. The zero-order valence-electron chi connectivity index (χ0n) is 13.0. The summed E-state index contributed by atoms with van der Waals surface area (Å²) in [6.07, 6.45) is 2.42. The lowest BCUT2D eigenvalue weighted by Crippen LogP contribution is -2.35. The summed E-state index contributed by atoms with van der Waals surface area (Å²) in [4.78, 5) is 8.71. The molecule has 0 amide bonds. The number of hydrazine groups is 1. The molecule has 2 aliphatic rings. The lowest BCUT2D eigenvalue weighted by atomic mass is 10.0. The van der Waals surface area contributed by atoms with Crippen LogP contribution in [0.2, 0.25) is 0 Å². The third-order valence-electron chi connectivity index (χ3n) is 3.97. The number of anilines is 1. The van der Waals surface area contributed by atoms with Gasteiger partial charge in [-0.05, 0) is 30.4 Å². The van der Waals surface area contributed by atoms with Crippen LogP contribution in [0.4, 0.5) is 19.0 Å². The molecule has 2 aromatic rings. The van der Waals surface area contributed by atoms with Gasteiger partial charge >= 0.3 is 6.18 Å². The molecular formula is C18H13F3N4. The molecule has 2 aliphatic heterocycles. The minimum absolute atomic E-state index is 0.0723. The number of rotatable bonds is 2. The fourth-order valence-electron chi connectivity index (χ4n) is 2.84. The SMILES string of the molecule is FC(F)(F)c1ccccc1C1=NC2=CCN(c3ccccn3)N2C=C1. The third kappa shape index (κ3) is 2.77. The van der Waals surface area contributed by atoms with Gasteiger partial charge in [0, 0.05) is 18.0 Å². The maximum atomic E-state index is 13.2. The van der Waals surface area contributed by atoms with Crippen LogP contribution >= 0.6 is 0 Å². The molecule has 0 bridgehead atoms. The summed E-state index contributed by atoms with van der Waals surface area (Å²) < 4.78 is 39.7. The molecule has 0 saturated carbocycles. The Morgan fingerprint density at radius 3 is 2.56 bits per heavy atom. The number of hydrogen-bond donors (Lipinski definition) is 0. The second-order valence-corrected chi connectivity index (χ2v) is 5.53. The fourth-order valence-corrected chi connectivity index (χ4v) is 2.84. The predicted octanol–water partition coefficient (Wildman–Crippen LogP) is 4.00. The number of fused-ring (bicyclic) bond motifs is 1. The van der Waals surface area contributed by atoms with Gasteiger partial charge in [0.15, 0.2) is 0 Å². The summed E-state index contributed by atoms with van der Waals surface area (Å²) in [7, 11) is 0. The molecule has 0 fully saturated rings. The standard InChI is InChI=1S/C18H13F3N4/c19-18(20,21)14-6-2-1-5-13(14)15-8-11-25-17(23-15)9-12-24(25)16-7-3-4-10-22-16/h1-11H,12H2. The van der Waals surface area contributed by atoms with E-state index in [0.717, 1.165) is 11.9 Å². The highest BCUT2D eigenvalue weighted by Crippen LogP contribution is 2.34. The van der Waals surface area contributed by atoms with Gasteiger partial charge in [0.1, 0.15) is 11.6 Å². The van der Waals surface area contributed by atoms with Crippen LogP contribution in [0.1, 0.15) is 11.1 Å². The average Bonchev–Trinajstić information content (AvgIpc) is 3.05. The topological polar surface area (TPSA) is 31.7 Å². The molecule has 1 aromatic carbocycles. The van der Waals surface area contributed by atoms with Crippen LogP contribution in [-0.2, 0) is 6.18 Å². The summed E-state index contributed by atoms with van der Waals surface area (Å²) in [6.45, 7) is 0.550. The molecule has 0 radical (unpaired) electrons. The fraction of sp³-hybridized carbons (Fsp3) is 0.111. The first-order valence-corrected chi connectivity index (χ1v) is 7.65. The molecule has 4 nitrogen and oxygen atoms in total. The Hall–Kier alpha value is -3.09. The molecule has 0 unspecified atom stereocenters. The minimum Gasteiger partial charge on any atom is -0.259 e. The van der Waals surface area contributed by atoms with Gasteiger partial charge in [-0.25, -0.2) is 15.0 Å². The van der Waals surface area contributed by atoms with Gasteiger partial charge in [0.25, 0.3) is 0 Å². The van der Waals surface area contributed by atoms with Crippen molar-refractivity contribution in [3.05, 3.63) is 84.0 Å². The van der Waals surface area contributed by atoms with Crippen molar-refractivity contribution in [3.8, 4) is 0 Å². The Balaban J connectivity index is 1.67. The van der Waals surface area contributed by atoms with Crippen molar-refractivity contribution >= 4 is 11.5 Å². The third-order valence-corrected chi connectivity index (χ3v) is 3.97. The average molecular weight is 342 g/mol. The van der Waals surface area contributed by atoms with Crippen LogP contribution in [0.3, 0.4) is 0 Å². The largest absolute Gasteiger partial charge is 0.417 e. The molecule has 0 aliphatic carbocycles. The van der Waals surface area contributed by atoms with Crippen LogP contribution in [0.25, 0.3) is 0 Å². The molecule has 4 rings (SSSR count). The zero-order valence-corrected chi connectivity index (χ0v) is 13.0. The van der Waals surface area contributed by atoms with Gasteiger partial charge in [-0.3, -0.25) is 5.01 Å². The molecule has 3 heterocycles. The van der Waals surface area contributed by atoms with Crippen molar-refractivity contribution in [1.29, 1.82) is 0 Å². The van der Waals surface area contributed by atoms with Gasteiger partial charge in [-0.2, -0.15) is 13.2 Å². The van der Waals surface area contributed by atoms with E-state index in [9.17, 15) is 13.2 Å². The van der Waals surface area contributed by atoms with E-state index in [-0.39, 0.29) is 5.56 Å². The summed E-state index contributed by atoms with van der Waals surface area (Å²) in [5.41, 5.74) is -0.326. The number of allylic oxidation sites excluding steroid dienone is 1. The molecule has 0 N–H and O–H groups in total. The van der Waals surface area contributed by atoms with Crippen LogP contribution in [0.15, 0.2) is 77.8 Å². The van der Waals surface area contributed by atoms with Gasteiger partial charge in [-0.1, -0.05) is 24.3 Å². The molecule has 7 heteroatoms. The van der Waals surface area contributed by atoms with Gasteiger partial charge in [-0.15, -0.1) is 0 Å². The Bertz CT molecular complexity index is 885. The number of pyridine rings is 1. The van der Waals surface area contributed by atoms with E-state index in [1.54, 1.807) is 29.5 Å². The first-order chi connectivity index (χ1) is 12.0. The van der Waals surface area contributed by atoms with E-state index in [1.165, 1.54) is 12.1 Å². The Morgan fingerprint density at radius 2 is 1.80 bits per heavy atom. The number of benzene rings is 1. The second-order valence-electron chi connectivity index (χ2n) is 5.53. The highest BCUT2D eigenvalue weighted by molar-refractivity contribution is 6.10. The number of alkyl halides is 3. The van der Waals surface area contributed by atoms with E-state index in [0.29, 0.717) is 18.1 Å². The van der Waals surface area contributed by atoms with Crippen molar-refractivity contribution in [1.82, 2.24) is 9.99 Å². The van der Waals surface area contributed by atoms with Gasteiger partial charge < -0.3 is 0 Å². The van der Waals surface area contributed by atoms with E-state index in [4.69, 9.17) is 0 Å². The lowest BCUT2D eigenvalue weighted by Gasteiger charge is -2.30. The second kappa shape index (κ2) is 5.77. The van der Waals surface area contributed by atoms with Crippen LogP contribution in [0.5, 0.6) is 0 Å². The first kappa shape index (κ1) is 15.4. The summed E-state index contributed by atoms with van der Waals surface area (Å²) in [6, 6.07) is 11.0. The number of halogens is 3. The zero-order chi connectivity index (χ0) is 17.4. The number of hydrogen-bond acceptors (Lipinski definition) is 4. The van der Waals surface area contributed by atoms with E-state index < -0.39 is 11.7 Å². The quantitative estimate of drug-likeness (QED) is 0.827. The molecule has 0 atom stereocenters. The van der Waals surface area contributed by atoms with Crippen molar-refractivity contribution in [3.63, 3.8) is 0 Å². The molecule has 0 spiro atoms. The maximum Gasteiger partial charge on any atom is 0.417 e. The Kier molecular flexibility index (Phi) is 3.56. The van der Waals surface area contributed by atoms with Crippen LogP contribution in [0, 0.1) is 0 Å². The first-order valence-electron chi connectivity index (χ1n) is 7.65. The normalized spacial score (nSPS) is 16.6. The van der Waals surface area contributed by atoms with Gasteiger partial charge in [0.2, 0.25) is 0 Å². The summed E-state index contributed by atoms with van der Waals surface area (Å²) >= 11 is 0. The van der Waals surface area contributed by atoms with Crippen molar-refractivity contribution in [2.75, 3.05) is 11.6 Å². The molecular weight excluding hydrogens is 329 g/mol. The number of aromatic nitrogens is 1. The monoisotopic (exact) mass is 342 g/mol. The molecule has 126 valence electrons. The Morgan fingerprint density at radius 1 is 1.00 bits per heavy atom. The highest BCUT2D eigenvalue weighted by atomic mass is 19.4. The van der Waals surface area contributed by atoms with E-state index in [1.807, 2.05) is 29.3 Å². The van der Waals surface area contributed by atoms with Crippen molar-refractivity contribution < 1.29 is 13.2 Å². The number of aliphatic imine (C=N–C) groups is 1. The lowest BCUT2D eigenvalue weighted by molar-refractivity contribution is -0.137. The van der Waals surface area contributed by atoms with Crippen molar-refractivity contribution in [2.24, 2.45) is 4.99 Å². The maximum absolute atomic E-state index is 13.2. The van der Waals surface area contributed by atoms with E-state index in [2.05, 4.69) is 9.98 Å². The van der Waals surface area contributed by atoms with E-state index >= 15 is 0 Å². The van der Waals surface area contributed by atoms with Crippen molar-refractivity contribution in [2.45, 2.75) is 6.18 Å². The van der Waals surface area contributed by atoms with Crippen LogP contribution in [-0.4, -0.2) is 22.2 Å². The number of nitrogens with zero attached hydrogens (tertiary/aromatic N) is 4.